The minimum Gasteiger partial charge on any atom is -0.336 e. The molecule has 2 N–H and O–H groups in total. The molecule has 1 aliphatic heterocycles. The average Bonchev–Trinajstić information content (AvgIpc) is 2.32. The van der Waals surface area contributed by atoms with Crippen LogP contribution in [0.4, 0.5) is 4.39 Å². The second-order valence-corrected chi connectivity index (χ2v) is 5.17. The van der Waals surface area contributed by atoms with Gasteiger partial charge in [-0.05, 0) is 38.0 Å². The smallest absolute Gasteiger partial charge is 0.254 e. The van der Waals surface area contributed by atoms with Gasteiger partial charge in [-0.1, -0.05) is 11.6 Å². The lowest BCUT2D eigenvalue weighted by Crippen LogP contribution is -2.48. The predicted octanol–water partition coefficient (Wildman–Crippen LogP) is 2.43. The van der Waals surface area contributed by atoms with Crippen LogP contribution in [0.3, 0.4) is 0 Å². The molecule has 5 heteroatoms. The van der Waals surface area contributed by atoms with Gasteiger partial charge in [0.15, 0.2) is 0 Å². The van der Waals surface area contributed by atoms with E-state index >= 15 is 0 Å². The molecule has 3 nitrogen and oxygen atoms in total. The standard InChI is InChI=1S/C13H16ClFN2O/c1-8-6-10(16)4-5-17(8)13(18)9-2-3-12(15)11(14)7-9/h2-3,7-8,10H,4-6,16H2,1H3. The summed E-state index contributed by atoms with van der Waals surface area (Å²) in [6.07, 6.45) is 1.59. The molecule has 0 bridgehead atoms. The van der Waals surface area contributed by atoms with Crippen LogP contribution in [0.1, 0.15) is 30.1 Å². The lowest BCUT2D eigenvalue weighted by atomic mass is 9.98. The number of hydrogen-bond acceptors (Lipinski definition) is 2. The highest BCUT2D eigenvalue weighted by atomic mass is 35.5. The maximum atomic E-state index is 13.1. The fraction of sp³-hybridized carbons (Fsp3) is 0.462. The largest absolute Gasteiger partial charge is 0.336 e. The van der Waals surface area contributed by atoms with Gasteiger partial charge in [0, 0.05) is 24.2 Å². The highest BCUT2D eigenvalue weighted by molar-refractivity contribution is 6.31. The van der Waals surface area contributed by atoms with Gasteiger partial charge in [-0.2, -0.15) is 0 Å². The van der Waals surface area contributed by atoms with Crippen molar-refractivity contribution in [3.05, 3.63) is 34.6 Å². The van der Waals surface area contributed by atoms with Crippen molar-refractivity contribution in [2.75, 3.05) is 6.54 Å². The number of nitrogens with two attached hydrogens (primary N) is 1. The van der Waals surface area contributed by atoms with Gasteiger partial charge in [0.2, 0.25) is 0 Å². The van der Waals surface area contributed by atoms with E-state index in [-0.39, 0.29) is 23.0 Å². The fourth-order valence-electron chi connectivity index (χ4n) is 2.31. The summed E-state index contributed by atoms with van der Waals surface area (Å²) < 4.78 is 13.1. The Labute approximate surface area is 111 Å². The van der Waals surface area contributed by atoms with Gasteiger partial charge in [-0.15, -0.1) is 0 Å². The number of carbonyl (C=O) groups excluding carboxylic acids is 1. The highest BCUT2D eigenvalue weighted by Crippen LogP contribution is 2.21. The molecular weight excluding hydrogens is 255 g/mol. The Balaban J connectivity index is 2.18. The molecule has 1 amide bonds. The van der Waals surface area contributed by atoms with E-state index in [9.17, 15) is 9.18 Å². The number of benzene rings is 1. The zero-order chi connectivity index (χ0) is 13.3. The molecule has 1 saturated heterocycles. The number of rotatable bonds is 1. The molecule has 2 rings (SSSR count). The first-order valence-electron chi connectivity index (χ1n) is 6.00. The molecule has 0 aliphatic carbocycles. The van der Waals surface area contributed by atoms with Crippen molar-refractivity contribution in [2.24, 2.45) is 5.73 Å². The summed E-state index contributed by atoms with van der Waals surface area (Å²) in [5.74, 6) is -0.627. The van der Waals surface area contributed by atoms with E-state index in [0.29, 0.717) is 12.1 Å². The summed E-state index contributed by atoms with van der Waals surface area (Å²) in [6, 6.07) is 4.31. The number of amides is 1. The SMILES string of the molecule is CC1CC(N)CCN1C(=O)c1ccc(F)c(Cl)c1. The molecule has 2 unspecified atom stereocenters. The Kier molecular flexibility index (Phi) is 3.88. The van der Waals surface area contributed by atoms with Crippen LogP contribution in [0.2, 0.25) is 5.02 Å². The normalized spacial score (nSPS) is 24.1. The van der Waals surface area contributed by atoms with Crippen LogP contribution in [0.25, 0.3) is 0 Å². The predicted molar refractivity (Wildman–Crippen MR) is 69.1 cm³/mol. The summed E-state index contributed by atoms with van der Waals surface area (Å²) in [6.45, 7) is 2.61. The van der Waals surface area contributed by atoms with Gasteiger partial charge in [-0.25, -0.2) is 4.39 Å². The van der Waals surface area contributed by atoms with E-state index in [1.165, 1.54) is 18.2 Å². The van der Waals surface area contributed by atoms with Crippen LogP contribution in [0.5, 0.6) is 0 Å². The molecule has 0 aromatic heterocycles. The number of hydrogen-bond donors (Lipinski definition) is 1. The Bertz CT molecular complexity index is 466. The highest BCUT2D eigenvalue weighted by Gasteiger charge is 2.27. The minimum absolute atomic E-state index is 0.0257. The van der Waals surface area contributed by atoms with Crippen LogP contribution in [-0.2, 0) is 0 Å². The van der Waals surface area contributed by atoms with Crippen molar-refractivity contribution in [2.45, 2.75) is 31.8 Å². The van der Waals surface area contributed by atoms with Gasteiger partial charge in [0.05, 0.1) is 5.02 Å². The second-order valence-electron chi connectivity index (χ2n) is 4.76. The van der Waals surface area contributed by atoms with E-state index in [1.54, 1.807) is 4.90 Å². The first kappa shape index (κ1) is 13.3. The van der Waals surface area contributed by atoms with Gasteiger partial charge in [0.1, 0.15) is 5.82 Å². The van der Waals surface area contributed by atoms with Gasteiger partial charge < -0.3 is 10.6 Å². The monoisotopic (exact) mass is 270 g/mol. The van der Waals surface area contributed by atoms with Crippen LogP contribution in [-0.4, -0.2) is 29.4 Å². The molecule has 0 radical (unpaired) electrons. The first-order valence-corrected chi connectivity index (χ1v) is 6.38. The van der Waals surface area contributed by atoms with Crippen molar-refractivity contribution in [1.82, 2.24) is 4.90 Å². The van der Waals surface area contributed by atoms with Crippen molar-refractivity contribution in [3.8, 4) is 0 Å². The van der Waals surface area contributed by atoms with E-state index in [1.807, 2.05) is 6.92 Å². The quantitative estimate of drug-likeness (QED) is 0.852. The Morgan fingerprint density at radius 3 is 2.89 bits per heavy atom. The molecule has 98 valence electrons. The van der Waals surface area contributed by atoms with Crippen LogP contribution in [0, 0.1) is 5.82 Å². The number of piperidine rings is 1. The first-order chi connectivity index (χ1) is 8.49. The Morgan fingerprint density at radius 1 is 1.56 bits per heavy atom. The summed E-state index contributed by atoms with van der Waals surface area (Å²) >= 11 is 5.69. The number of carbonyl (C=O) groups is 1. The van der Waals surface area contributed by atoms with Crippen molar-refractivity contribution in [1.29, 1.82) is 0 Å². The van der Waals surface area contributed by atoms with Crippen molar-refractivity contribution in [3.63, 3.8) is 0 Å². The van der Waals surface area contributed by atoms with Gasteiger partial charge >= 0.3 is 0 Å². The molecule has 1 aromatic rings. The molecule has 1 aromatic carbocycles. The van der Waals surface area contributed by atoms with E-state index in [0.717, 1.165) is 12.8 Å². The molecule has 1 heterocycles. The van der Waals surface area contributed by atoms with Gasteiger partial charge in [-0.3, -0.25) is 4.79 Å². The zero-order valence-corrected chi connectivity index (χ0v) is 11.0. The fourth-order valence-corrected chi connectivity index (χ4v) is 2.49. The lowest BCUT2D eigenvalue weighted by Gasteiger charge is -2.36. The molecule has 1 fully saturated rings. The van der Waals surface area contributed by atoms with Crippen LogP contribution in [0.15, 0.2) is 18.2 Å². The Morgan fingerprint density at radius 2 is 2.28 bits per heavy atom. The average molecular weight is 271 g/mol. The minimum atomic E-state index is -0.512. The van der Waals surface area contributed by atoms with Crippen molar-refractivity contribution >= 4 is 17.5 Å². The summed E-state index contributed by atoms with van der Waals surface area (Å²) in [7, 11) is 0. The van der Waals surface area contributed by atoms with Crippen LogP contribution >= 0.6 is 11.6 Å². The summed E-state index contributed by atoms with van der Waals surface area (Å²) in [5.41, 5.74) is 6.28. The van der Waals surface area contributed by atoms with Gasteiger partial charge in [0.25, 0.3) is 5.91 Å². The maximum absolute atomic E-state index is 13.1. The summed E-state index contributed by atoms with van der Waals surface area (Å²) in [5, 5.41) is -0.0257. The number of likely N-dealkylation sites (tertiary alicyclic amines) is 1. The lowest BCUT2D eigenvalue weighted by molar-refractivity contribution is 0.0619. The topological polar surface area (TPSA) is 46.3 Å². The molecule has 1 aliphatic rings. The molecule has 0 saturated carbocycles. The van der Waals surface area contributed by atoms with Crippen LogP contribution < -0.4 is 5.73 Å². The summed E-state index contributed by atoms with van der Waals surface area (Å²) in [4.78, 5) is 14.1. The maximum Gasteiger partial charge on any atom is 0.254 e. The second kappa shape index (κ2) is 5.24. The van der Waals surface area contributed by atoms with E-state index in [2.05, 4.69) is 0 Å². The number of nitrogens with zero attached hydrogens (tertiary/aromatic N) is 1. The third kappa shape index (κ3) is 2.65. The zero-order valence-electron chi connectivity index (χ0n) is 10.2. The third-order valence-corrected chi connectivity index (χ3v) is 3.63. The molecular formula is C13H16ClFN2O. The molecule has 2 atom stereocenters. The van der Waals surface area contributed by atoms with E-state index < -0.39 is 5.82 Å². The Hall–Kier alpha value is -1.13. The third-order valence-electron chi connectivity index (χ3n) is 3.34. The molecule has 18 heavy (non-hydrogen) atoms. The number of halogens is 2. The molecule has 0 spiro atoms. The van der Waals surface area contributed by atoms with E-state index in [4.69, 9.17) is 17.3 Å². The van der Waals surface area contributed by atoms with Crippen molar-refractivity contribution < 1.29 is 9.18 Å².